The van der Waals surface area contributed by atoms with E-state index in [1.807, 2.05) is 30.3 Å². The van der Waals surface area contributed by atoms with Crippen LogP contribution < -0.4 is 4.90 Å². The van der Waals surface area contributed by atoms with Gasteiger partial charge in [0, 0.05) is 23.3 Å². The maximum absolute atomic E-state index is 12.8. The van der Waals surface area contributed by atoms with E-state index in [1.165, 1.54) is 22.7 Å². The average molecular weight is 422 g/mol. The van der Waals surface area contributed by atoms with Crippen LogP contribution in [0.2, 0.25) is 0 Å². The van der Waals surface area contributed by atoms with E-state index in [4.69, 9.17) is 16.6 Å². The van der Waals surface area contributed by atoms with E-state index in [0.717, 1.165) is 11.3 Å². The predicted octanol–water partition coefficient (Wildman–Crippen LogP) is 5.57. The highest BCUT2D eigenvalue weighted by Crippen LogP contribution is 2.36. The smallest absolute Gasteiger partial charge is 0.272 e. The van der Waals surface area contributed by atoms with E-state index in [2.05, 4.69) is 0 Å². The van der Waals surface area contributed by atoms with Crippen LogP contribution in [0.5, 0.6) is 0 Å². The number of benzene rings is 2. The van der Waals surface area contributed by atoms with Crippen LogP contribution in [-0.4, -0.2) is 15.2 Å². The number of thiocarbonyl (C=S) groups is 1. The SMILES string of the molecule is Cc1cc(-c2ccc(/C=C3/SC(=S)N(c4ccccc4)C3=O)o2)ccc1[N+](=O)[O-]. The van der Waals surface area contributed by atoms with Crippen molar-refractivity contribution >= 4 is 51.7 Å². The van der Waals surface area contributed by atoms with Crippen LogP contribution >= 0.6 is 24.0 Å². The Bertz CT molecular complexity index is 1170. The van der Waals surface area contributed by atoms with Crippen LogP contribution in [0.1, 0.15) is 11.3 Å². The number of thioether (sulfide) groups is 1. The molecule has 0 radical (unpaired) electrons. The number of hydrogen-bond donors (Lipinski definition) is 0. The van der Waals surface area contributed by atoms with Gasteiger partial charge in [0.1, 0.15) is 11.5 Å². The molecule has 1 aliphatic heterocycles. The molecule has 8 heteroatoms. The van der Waals surface area contributed by atoms with E-state index in [9.17, 15) is 14.9 Å². The van der Waals surface area contributed by atoms with Gasteiger partial charge in [-0.1, -0.05) is 42.2 Å². The lowest BCUT2D eigenvalue weighted by Gasteiger charge is -2.13. The van der Waals surface area contributed by atoms with Gasteiger partial charge in [0.05, 0.1) is 15.5 Å². The molecule has 2 heterocycles. The van der Waals surface area contributed by atoms with Gasteiger partial charge in [0.25, 0.3) is 11.6 Å². The van der Waals surface area contributed by atoms with Crippen LogP contribution in [0.4, 0.5) is 11.4 Å². The van der Waals surface area contributed by atoms with Gasteiger partial charge in [-0.2, -0.15) is 0 Å². The van der Waals surface area contributed by atoms with E-state index >= 15 is 0 Å². The number of nitro benzene ring substituents is 1. The highest BCUT2D eigenvalue weighted by molar-refractivity contribution is 8.27. The highest BCUT2D eigenvalue weighted by atomic mass is 32.2. The van der Waals surface area contributed by atoms with Gasteiger partial charge in [0.15, 0.2) is 4.32 Å². The van der Waals surface area contributed by atoms with Crippen molar-refractivity contribution in [2.75, 3.05) is 4.90 Å². The van der Waals surface area contributed by atoms with E-state index in [1.54, 1.807) is 37.3 Å². The molecule has 1 fully saturated rings. The number of carbonyl (C=O) groups is 1. The Balaban J connectivity index is 1.60. The van der Waals surface area contributed by atoms with Gasteiger partial charge in [-0.3, -0.25) is 19.8 Å². The predicted molar refractivity (Wildman–Crippen MR) is 118 cm³/mol. The minimum Gasteiger partial charge on any atom is -0.457 e. The molecule has 1 aliphatic rings. The number of hydrogen-bond acceptors (Lipinski definition) is 6. The Hall–Kier alpha value is -3.23. The molecule has 6 nitrogen and oxygen atoms in total. The maximum Gasteiger partial charge on any atom is 0.272 e. The van der Waals surface area contributed by atoms with Crippen LogP contribution in [0.15, 0.2) is 70.0 Å². The molecule has 0 unspecified atom stereocenters. The molecule has 0 aliphatic carbocycles. The summed E-state index contributed by atoms with van der Waals surface area (Å²) >= 11 is 6.58. The Labute approximate surface area is 176 Å². The topological polar surface area (TPSA) is 76.6 Å². The van der Waals surface area contributed by atoms with Gasteiger partial charge in [0.2, 0.25) is 0 Å². The number of amides is 1. The fraction of sp³-hybridized carbons (Fsp3) is 0.0476. The maximum atomic E-state index is 12.8. The molecule has 1 saturated heterocycles. The van der Waals surface area contributed by atoms with E-state index < -0.39 is 4.92 Å². The number of aryl methyl sites for hydroxylation is 1. The van der Waals surface area contributed by atoms with Crippen molar-refractivity contribution in [3.63, 3.8) is 0 Å². The second kappa shape index (κ2) is 7.65. The van der Waals surface area contributed by atoms with E-state index in [0.29, 0.717) is 26.3 Å². The third kappa shape index (κ3) is 3.72. The third-order valence-corrected chi connectivity index (χ3v) is 5.69. The molecule has 0 spiro atoms. The normalized spacial score (nSPS) is 15.3. The first-order valence-electron chi connectivity index (χ1n) is 8.62. The quantitative estimate of drug-likeness (QED) is 0.237. The van der Waals surface area contributed by atoms with Crippen molar-refractivity contribution in [3.8, 4) is 11.3 Å². The lowest BCUT2D eigenvalue weighted by Crippen LogP contribution is -2.27. The lowest BCUT2D eigenvalue weighted by molar-refractivity contribution is -0.385. The highest BCUT2D eigenvalue weighted by Gasteiger charge is 2.33. The number of para-hydroxylation sites is 1. The van der Waals surface area contributed by atoms with Crippen LogP contribution in [0.25, 0.3) is 17.4 Å². The molecule has 0 atom stereocenters. The minimum absolute atomic E-state index is 0.0603. The average Bonchev–Trinajstić information content (AvgIpc) is 3.27. The van der Waals surface area contributed by atoms with Gasteiger partial charge in [-0.25, -0.2) is 0 Å². The number of nitro groups is 1. The summed E-state index contributed by atoms with van der Waals surface area (Å²) in [7, 11) is 0. The van der Waals surface area contributed by atoms with E-state index in [-0.39, 0.29) is 11.6 Å². The van der Waals surface area contributed by atoms with Gasteiger partial charge in [-0.15, -0.1) is 0 Å². The number of nitrogens with zero attached hydrogens (tertiary/aromatic N) is 2. The second-order valence-corrected chi connectivity index (χ2v) is 7.99. The first kappa shape index (κ1) is 19.1. The molecule has 0 saturated carbocycles. The number of rotatable bonds is 4. The van der Waals surface area contributed by atoms with Crippen LogP contribution in [-0.2, 0) is 4.79 Å². The number of furan rings is 1. The molecule has 144 valence electrons. The van der Waals surface area contributed by atoms with Crippen molar-refractivity contribution in [2.45, 2.75) is 6.92 Å². The summed E-state index contributed by atoms with van der Waals surface area (Å²) in [4.78, 5) is 25.3. The summed E-state index contributed by atoms with van der Waals surface area (Å²) in [5.74, 6) is 0.868. The molecule has 1 aromatic heterocycles. The summed E-state index contributed by atoms with van der Waals surface area (Å²) in [6.07, 6.45) is 1.66. The fourth-order valence-corrected chi connectivity index (χ4v) is 4.27. The van der Waals surface area contributed by atoms with Gasteiger partial charge < -0.3 is 4.42 Å². The molecule has 1 amide bonds. The van der Waals surface area contributed by atoms with Gasteiger partial charge in [-0.05, 0) is 43.3 Å². The summed E-state index contributed by atoms with van der Waals surface area (Å²) < 4.78 is 6.30. The summed E-state index contributed by atoms with van der Waals surface area (Å²) in [5, 5.41) is 11.0. The first-order valence-corrected chi connectivity index (χ1v) is 9.85. The van der Waals surface area contributed by atoms with Crippen LogP contribution in [0, 0.1) is 17.0 Å². The van der Waals surface area contributed by atoms with Crippen molar-refractivity contribution in [3.05, 3.63) is 87.0 Å². The molecule has 0 N–H and O–H groups in total. The Morgan fingerprint density at radius 2 is 1.90 bits per heavy atom. The zero-order chi connectivity index (χ0) is 20.5. The second-order valence-electron chi connectivity index (χ2n) is 6.31. The first-order chi connectivity index (χ1) is 13.9. The summed E-state index contributed by atoms with van der Waals surface area (Å²) in [6, 6.07) is 17.6. The monoisotopic (exact) mass is 422 g/mol. The summed E-state index contributed by atoms with van der Waals surface area (Å²) in [6.45, 7) is 1.68. The Morgan fingerprint density at radius 3 is 2.59 bits per heavy atom. The largest absolute Gasteiger partial charge is 0.457 e. The summed E-state index contributed by atoms with van der Waals surface area (Å²) in [5.41, 5.74) is 2.06. The Morgan fingerprint density at radius 1 is 1.14 bits per heavy atom. The third-order valence-electron chi connectivity index (χ3n) is 4.39. The molecular weight excluding hydrogens is 408 g/mol. The zero-order valence-electron chi connectivity index (χ0n) is 15.2. The Kier molecular flexibility index (Phi) is 5.04. The molecule has 0 bridgehead atoms. The number of carbonyl (C=O) groups excluding carboxylic acids is 1. The molecular formula is C21H14N2O4S2. The zero-order valence-corrected chi connectivity index (χ0v) is 16.8. The van der Waals surface area contributed by atoms with Crippen LogP contribution in [0.3, 0.4) is 0 Å². The van der Waals surface area contributed by atoms with Crippen molar-refractivity contribution in [1.82, 2.24) is 0 Å². The van der Waals surface area contributed by atoms with Crippen molar-refractivity contribution < 1.29 is 14.1 Å². The number of anilines is 1. The molecule has 29 heavy (non-hydrogen) atoms. The molecule has 3 aromatic rings. The minimum atomic E-state index is -0.415. The lowest BCUT2D eigenvalue weighted by atomic mass is 10.1. The van der Waals surface area contributed by atoms with Crippen molar-refractivity contribution in [2.24, 2.45) is 0 Å². The fourth-order valence-electron chi connectivity index (χ4n) is 3.00. The van der Waals surface area contributed by atoms with Gasteiger partial charge >= 0.3 is 0 Å². The standard InChI is InChI=1S/C21H14N2O4S2/c1-13-11-14(7-9-17(13)23(25)26)18-10-8-16(27-18)12-19-20(24)22(21(28)29-19)15-5-3-2-4-6-15/h2-12H,1H3/b19-12+. The van der Waals surface area contributed by atoms with Crippen molar-refractivity contribution in [1.29, 1.82) is 0 Å². The molecule has 4 rings (SSSR count). The molecule has 2 aromatic carbocycles.